The molecule has 0 amide bonds. The van der Waals surface area contributed by atoms with Crippen molar-refractivity contribution < 1.29 is 0 Å². The van der Waals surface area contributed by atoms with Crippen LogP contribution in [0.25, 0.3) is 16.9 Å². The van der Waals surface area contributed by atoms with E-state index in [2.05, 4.69) is 24.9 Å². The number of para-hydroxylation sites is 1. The molecule has 0 N–H and O–H groups in total. The molecule has 0 aliphatic heterocycles. The van der Waals surface area contributed by atoms with Gasteiger partial charge in [0.1, 0.15) is 0 Å². The lowest BCUT2D eigenvalue weighted by Gasteiger charge is -2.13. The minimum absolute atomic E-state index is 0.312. The molecule has 7 nitrogen and oxygen atoms in total. The van der Waals surface area contributed by atoms with Crippen molar-refractivity contribution in [2.24, 2.45) is 5.92 Å². The average molecular weight is 413 g/mol. The number of rotatable bonds is 6. The Morgan fingerprint density at radius 1 is 1.03 bits per heavy atom. The molecule has 0 aliphatic rings. The largest absolute Gasteiger partial charge is 0.337 e. The highest BCUT2D eigenvalue weighted by Gasteiger charge is 2.19. The zero-order chi connectivity index (χ0) is 22.0. The van der Waals surface area contributed by atoms with Crippen molar-refractivity contribution in [1.82, 2.24) is 18.7 Å². The molecule has 0 fully saturated rings. The van der Waals surface area contributed by atoms with Crippen LogP contribution in [0.2, 0.25) is 0 Å². The number of nitrogens with zero attached hydrogens (tertiary/aromatic N) is 5. The third kappa shape index (κ3) is 3.80. The molecule has 0 aliphatic carbocycles. The molecule has 7 heteroatoms. The van der Waals surface area contributed by atoms with Crippen LogP contribution in [0.3, 0.4) is 0 Å². The van der Waals surface area contributed by atoms with E-state index >= 15 is 0 Å². The van der Waals surface area contributed by atoms with Gasteiger partial charge in [0, 0.05) is 6.54 Å². The van der Waals surface area contributed by atoms with Gasteiger partial charge in [-0.2, -0.15) is 5.26 Å². The van der Waals surface area contributed by atoms with E-state index in [-0.39, 0.29) is 5.56 Å². The second-order valence-electron chi connectivity index (χ2n) is 7.91. The summed E-state index contributed by atoms with van der Waals surface area (Å²) in [5.41, 5.74) is 1.89. The van der Waals surface area contributed by atoms with Crippen LogP contribution in [0.15, 0.2) is 70.5 Å². The van der Waals surface area contributed by atoms with Crippen molar-refractivity contribution in [2.75, 3.05) is 0 Å². The van der Waals surface area contributed by atoms with E-state index < -0.39 is 5.69 Å². The van der Waals surface area contributed by atoms with Gasteiger partial charge in [-0.05, 0) is 36.1 Å². The van der Waals surface area contributed by atoms with Crippen molar-refractivity contribution in [3.8, 4) is 11.8 Å². The van der Waals surface area contributed by atoms with E-state index in [1.54, 1.807) is 23.0 Å². The van der Waals surface area contributed by atoms with Gasteiger partial charge in [0.25, 0.3) is 5.56 Å². The molecule has 0 bridgehead atoms. The smallest absolute Gasteiger partial charge is 0.320 e. The number of hydrogen-bond acceptors (Lipinski definition) is 4. The third-order valence-electron chi connectivity index (χ3n) is 5.32. The van der Waals surface area contributed by atoms with Gasteiger partial charge in [0.05, 0.1) is 30.2 Å². The van der Waals surface area contributed by atoms with Gasteiger partial charge in [-0.3, -0.25) is 9.36 Å². The van der Waals surface area contributed by atoms with Crippen molar-refractivity contribution in [3.63, 3.8) is 0 Å². The predicted octanol–water partition coefficient (Wildman–Crippen LogP) is 3.31. The first-order chi connectivity index (χ1) is 15.0. The van der Waals surface area contributed by atoms with Crippen LogP contribution in [0.5, 0.6) is 0 Å². The van der Waals surface area contributed by atoms with Crippen LogP contribution < -0.4 is 11.2 Å². The highest BCUT2D eigenvalue weighted by atomic mass is 16.2. The fraction of sp³-hybridized carbons (Fsp3) is 0.250. The lowest BCUT2D eigenvalue weighted by molar-refractivity contribution is 0.491. The Kier molecular flexibility index (Phi) is 5.54. The molecule has 4 rings (SSSR count). The highest BCUT2D eigenvalue weighted by Crippen LogP contribution is 2.16. The van der Waals surface area contributed by atoms with E-state index in [4.69, 9.17) is 0 Å². The van der Waals surface area contributed by atoms with E-state index in [1.165, 1.54) is 9.13 Å². The molecule has 31 heavy (non-hydrogen) atoms. The van der Waals surface area contributed by atoms with Crippen molar-refractivity contribution in [3.05, 3.63) is 92.9 Å². The molecule has 2 aromatic carbocycles. The normalized spacial score (nSPS) is 11.2. The molecule has 2 aromatic heterocycles. The molecular weight excluding hydrogens is 390 g/mol. The van der Waals surface area contributed by atoms with E-state index in [0.717, 1.165) is 5.56 Å². The second kappa shape index (κ2) is 8.44. The van der Waals surface area contributed by atoms with Crippen LogP contribution in [-0.2, 0) is 13.1 Å². The van der Waals surface area contributed by atoms with Gasteiger partial charge >= 0.3 is 5.69 Å². The highest BCUT2D eigenvalue weighted by molar-refractivity contribution is 5.72. The summed E-state index contributed by atoms with van der Waals surface area (Å²) in [5, 5.41) is 9.42. The quantitative estimate of drug-likeness (QED) is 0.485. The Morgan fingerprint density at radius 2 is 1.74 bits per heavy atom. The predicted molar refractivity (Wildman–Crippen MR) is 119 cm³/mol. The summed E-state index contributed by atoms with van der Waals surface area (Å²) in [6.07, 6.45) is 2.27. The fourth-order valence-electron chi connectivity index (χ4n) is 3.64. The molecule has 0 unspecified atom stereocenters. The minimum Gasteiger partial charge on any atom is -0.320 e. The summed E-state index contributed by atoms with van der Waals surface area (Å²) in [7, 11) is 0. The first kappa shape index (κ1) is 20.4. The molecule has 2 heterocycles. The molecular formula is C24H23N5O2. The summed E-state index contributed by atoms with van der Waals surface area (Å²) in [5.74, 6) is 0.347. The summed E-state index contributed by atoms with van der Waals surface area (Å²) in [6, 6.07) is 18.7. The van der Waals surface area contributed by atoms with Crippen LogP contribution in [0, 0.1) is 17.2 Å². The molecule has 0 atom stereocenters. The number of hydrogen-bond donors (Lipinski definition) is 0. The lowest BCUT2D eigenvalue weighted by atomic mass is 10.1. The SMILES string of the molecule is CC(C)CCn1c(=O)c2c(ncn2Cc2ccccc2C#N)n(-c2ccccc2)c1=O. The van der Waals surface area contributed by atoms with Gasteiger partial charge < -0.3 is 4.57 Å². The molecule has 156 valence electrons. The van der Waals surface area contributed by atoms with Crippen LogP contribution >= 0.6 is 0 Å². The Hall–Kier alpha value is -3.92. The number of benzene rings is 2. The standard InChI is InChI=1S/C24H23N5O2/c1-17(2)12-13-28-23(30)21-22(29(24(28)31)20-10-4-3-5-11-20)26-16-27(21)15-19-9-7-6-8-18(19)14-25/h3-11,16-17H,12-13,15H2,1-2H3. The van der Waals surface area contributed by atoms with Gasteiger partial charge in [0.2, 0.25) is 0 Å². The molecule has 0 saturated heterocycles. The maximum absolute atomic E-state index is 13.4. The Bertz CT molecular complexity index is 1390. The van der Waals surface area contributed by atoms with Crippen LogP contribution in [-0.4, -0.2) is 18.7 Å². The first-order valence-corrected chi connectivity index (χ1v) is 10.3. The first-order valence-electron chi connectivity index (χ1n) is 10.3. The molecule has 0 saturated carbocycles. The van der Waals surface area contributed by atoms with Crippen molar-refractivity contribution in [2.45, 2.75) is 33.4 Å². The number of imidazole rings is 1. The molecule has 0 spiro atoms. The van der Waals surface area contributed by atoms with Crippen molar-refractivity contribution >= 4 is 11.2 Å². The van der Waals surface area contributed by atoms with Gasteiger partial charge in [-0.15, -0.1) is 0 Å². The van der Waals surface area contributed by atoms with Crippen molar-refractivity contribution in [1.29, 1.82) is 5.26 Å². The van der Waals surface area contributed by atoms with E-state index in [9.17, 15) is 14.9 Å². The molecule has 0 radical (unpaired) electrons. The zero-order valence-electron chi connectivity index (χ0n) is 17.5. The van der Waals surface area contributed by atoms with Crippen LogP contribution in [0.4, 0.5) is 0 Å². The third-order valence-corrected chi connectivity index (χ3v) is 5.32. The summed E-state index contributed by atoms with van der Waals surface area (Å²) in [4.78, 5) is 31.1. The fourth-order valence-corrected chi connectivity index (χ4v) is 3.64. The molecule has 4 aromatic rings. The monoisotopic (exact) mass is 413 g/mol. The van der Waals surface area contributed by atoms with Gasteiger partial charge in [-0.25, -0.2) is 14.3 Å². The maximum Gasteiger partial charge on any atom is 0.337 e. The minimum atomic E-state index is -0.396. The Morgan fingerprint density at radius 3 is 2.45 bits per heavy atom. The second-order valence-corrected chi connectivity index (χ2v) is 7.91. The Balaban J connectivity index is 1.97. The number of aromatic nitrogens is 4. The number of nitriles is 1. The summed E-state index contributed by atoms with van der Waals surface area (Å²) < 4.78 is 4.51. The van der Waals surface area contributed by atoms with Gasteiger partial charge in [-0.1, -0.05) is 50.2 Å². The lowest BCUT2D eigenvalue weighted by Crippen LogP contribution is -2.40. The Labute approximate surface area is 179 Å². The number of fused-ring (bicyclic) bond motifs is 1. The van der Waals surface area contributed by atoms with E-state index in [1.807, 2.05) is 42.5 Å². The topological polar surface area (TPSA) is 85.6 Å². The average Bonchev–Trinajstić information content (AvgIpc) is 3.18. The van der Waals surface area contributed by atoms with Gasteiger partial charge in [0.15, 0.2) is 11.2 Å². The van der Waals surface area contributed by atoms with E-state index in [0.29, 0.717) is 47.8 Å². The maximum atomic E-state index is 13.4. The summed E-state index contributed by atoms with van der Waals surface area (Å²) in [6.45, 7) is 4.76. The van der Waals surface area contributed by atoms with Crippen LogP contribution in [0.1, 0.15) is 31.4 Å². The zero-order valence-corrected chi connectivity index (χ0v) is 17.5. The summed E-state index contributed by atoms with van der Waals surface area (Å²) >= 11 is 0.